The van der Waals surface area contributed by atoms with Crippen LogP contribution in [0, 0.1) is 0 Å². The number of esters is 1. The Morgan fingerprint density at radius 2 is 1.62 bits per heavy atom. The molecule has 0 aromatic heterocycles. The molecule has 2 N–H and O–H groups in total. The fraction of sp³-hybridized carbons (Fsp3) is 0.160. The van der Waals surface area contributed by atoms with Crippen LogP contribution in [-0.4, -0.2) is 38.1 Å². The van der Waals surface area contributed by atoms with Crippen LogP contribution in [0.3, 0.4) is 0 Å². The average molecular weight is 483 g/mol. The van der Waals surface area contributed by atoms with Crippen molar-refractivity contribution < 1.29 is 28.6 Å². The number of hydrogen-bond acceptors (Lipinski definition) is 6. The summed E-state index contributed by atoms with van der Waals surface area (Å²) in [5, 5.41) is 5.89. The Balaban J connectivity index is 1.40. The van der Waals surface area contributed by atoms with Crippen molar-refractivity contribution in [2.24, 2.45) is 0 Å². The fourth-order valence-corrected chi connectivity index (χ4v) is 3.04. The number of carbonyl (C=O) groups is 3. The lowest BCUT2D eigenvalue weighted by atomic mass is 10.2. The summed E-state index contributed by atoms with van der Waals surface area (Å²) in [6.45, 7) is -0.411. The van der Waals surface area contributed by atoms with Crippen LogP contribution >= 0.6 is 11.6 Å². The number of rotatable bonds is 10. The summed E-state index contributed by atoms with van der Waals surface area (Å²) in [6, 6.07) is 20.1. The molecule has 3 aromatic rings. The number of nitrogens with one attached hydrogen (secondary N) is 2. The van der Waals surface area contributed by atoms with Gasteiger partial charge in [0.1, 0.15) is 11.5 Å². The largest absolute Gasteiger partial charge is 0.497 e. The van der Waals surface area contributed by atoms with E-state index in [1.807, 2.05) is 6.07 Å². The highest BCUT2D eigenvalue weighted by molar-refractivity contribution is 6.31. The highest BCUT2D eigenvalue weighted by Gasteiger charge is 2.11. The van der Waals surface area contributed by atoms with Crippen LogP contribution in [0.2, 0.25) is 5.02 Å². The van der Waals surface area contributed by atoms with Gasteiger partial charge in [0.25, 0.3) is 11.8 Å². The van der Waals surface area contributed by atoms with E-state index in [0.29, 0.717) is 22.2 Å². The third-order valence-electron chi connectivity index (χ3n) is 4.58. The van der Waals surface area contributed by atoms with E-state index >= 15 is 0 Å². The molecule has 0 saturated heterocycles. The summed E-state index contributed by atoms with van der Waals surface area (Å²) in [4.78, 5) is 36.2. The minimum atomic E-state index is -0.657. The van der Waals surface area contributed by atoms with Gasteiger partial charge in [-0.25, -0.2) is 4.79 Å². The van der Waals surface area contributed by atoms with Crippen molar-refractivity contribution in [3.05, 3.63) is 88.9 Å². The Bertz CT molecular complexity index is 1150. The second-order valence-corrected chi connectivity index (χ2v) is 7.44. The van der Waals surface area contributed by atoms with Gasteiger partial charge in [0.15, 0.2) is 13.2 Å². The molecule has 0 unspecified atom stereocenters. The van der Waals surface area contributed by atoms with Gasteiger partial charge in [0.2, 0.25) is 0 Å². The number of carbonyl (C=O) groups excluding carboxylic acids is 3. The van der Waals surface area contributed by atoms with Crippen LogP contribution in [-0.2, 0) is 20.9 Å². The predicted molar refractivity (Wildman–Crippen MR) is 127 cm³/mol. The molecule has 9 heteroatoms. The zero-order chi connectivity index (χ0) is 24.3. The lowest BCUT2D eigenvalue weighted by Gasteiger charge is -2.10. The molecule has 0 fully saturated rings. The van der Waals surface area contributed by atoms with Crippen LogP contribution in [0.25, 0.3) is 0 Å². The van der Waals surface area contributed by atoms with Gasteiger partial charge < -0.3 is 24.8 Å². The van der Waals surface area contributed by atoms with E-state index < -0.39 is 18.5 Å². The summed E-state index contributed by atoms with van der Waals surface area (Å²) < 4.78 is 15.6. The van der Waals surface area contributed by atoms with Crippen LogP contribution in [0.1, 0.15) is 15.9 Å². The van der Waals surface area contributed by atoms with Gasteiger partial charge in [-0.3, -0.25) is 9.59 Å². The number of ether oxygens (including phenoxy) is 3. The molecule has 0 aliphatic heterocycles. The minimum Gasteiger partial charge on any atom is -0.497 e. The maximum absolute atomic E-state index is 12.2. The van der Waals surface area contributed by atoms with Crippen molar-refractivity contribution in [1.29, 1.82) is 0 Å². The highest BCUT2D eigenvalue weighted by atomic mass is 35.5. The van der Waals surface area contributed by atoms with E-state index in [9.17, 15) is 14.4 Å². The standard InChI is InChI=1S/C25H23ClN2O6/c1-32-21-7-4-6-19(13-21)28-24(30)16-33-20-11-9-17(10-12-20)25(31)34-15-23(29)27-14-18-5-2-3-8-22(18)26/h2-13H,14-16H2,1H3,(H,27,29)(H,28,30). The maximum Gasteiger partial charge on any atom is 0.338 e. The number of amides is 2. The number of hydrogen-bond donors (Lipinski definition) is 2. The molecule has 0 saturated carbocycles. The Kier molecular flexibility index (Phi) is 8.88. The smallest absolute Gasteiger partial charge is 0.338 e. The first-order valence-corrected chi connectivity index (χ1v) is 10.7. The molecule has 0 aliphatic carbocycles. The maximum atomic E-state index is 12.2. The predicted octanol–water partition coefficient (Wildman–Crippen LogP) is 3.84. The molecule has 0 radical (unpaired) electrons. The second-order valence-electron chi connectivity index (χ2n) is 7.04. The number of methoxy groups -OCH3 is 1. The zero-order valence-electron chi connectivity index (χ0n) is 18.4. The quantitative estimate of drug-likeness (QED) is 0.426. The fourth-order valence-electron chi connectivity index (χ4n) is 2.84. The topological polar surface area (TPSA) is 103 Å². The van der Waals surface area contributed by atoms with Crippen molar-refractivity contribution >= 4 is 35.1 Å². The van der Waals surface area contributed by atoms with Crippen LogP contribution in [0.4, 0.5) is 5.69 Å². The van der Waals surface area contributed by atoms with E-state index in [4.69, 9.17) is 25.8 Å². The van der Waals surface area contributed by atoms with E-state index in [-0.39, 0.29) is 24.6 Å². The van der Waals surface area contributed by atoms with E-state index in [1.165, 1.54) is 24.3 Å². The molecule has 34 heavy (non-hydrogen) atoms. The van der Waals surface area contributed by atoms with Gasteiger partial charge in [-0.1, -0.05) is 35.9 Å². The third kappa shape index (κ3) is 7.53. The first-order chi connectivity index (χ1) is 16.4. The first-order valence-electron chi connectivity index (χ1n) is 10.3. The van der Waals surface area contributed by atoms with Crippen LogP contribution in [0.15, 0.2) is 72.8 Å². The minimum absolute atomic E-state index is 0.216. The van der Waals surface area contributed by atoms with Crippen molar-refractivity contribution in [3.8, 4) is 11.5 Å². The molecule has 0 spiro atoms. The Hall–Kier alpha value is -4.04. The molecular formula is C25H23ClN2O6. The summed E-state index contributed by atoms with van der Waals surface area (Å²) in [5.74, 6) is -0.431. The third-order valence-corrected chi connectivity index (χ3v) is 4.95. The molecule has 3 rings (SSSR count). The lowest BCUT2D eigenvalue weighted by Crippen LogP contribution is -2.28. The van der Waals surface area contributed by atoms with E-state index in [0.717, 1.165) is 5.56 Å². The van der Waals surface area contributed by atoms with Crippen molar-refractivity contribution in [1.82, 2.24) is 5.32 Å². The van der Waals surface area contributed by atoms with Crippen LogP contribution < -0.4 is 20.1 Å². The van der Waals surface area contributed by atoms with Gasteiger partial charge >= 0.3 is 5.97 Å². The van der Waals surface area contributed by atoms with Gasteiger partial charge in [-0.2, -0.15) is 0 Å². The van der Waals surface area contributed by atoms with Gasteiger partial charge in [0.05, 0.1) is 12.7 Å². The molecule has 176 valence electrons. The molecular weight excluding hydrogens is 460 g/mol. The number of anilines is 1. The SMILES string of the molecule is COc1cccc(NC(=O)COc2ccc(C(=O)OCC(=O)NCc3ccccc3Cl)cc2)c1. The lowest BCUT2D eigenvalue weighted by molar-refractivity contribution is -0.124. The van der Waals surface area contributed by atoms with Crippen molar-refractivity contribution in [2.45, 2.75) is 6.54 Å². The summed E-state index contributed by atoms with van der Waals surface area (Å²) in [7, 11) is 1.54. The summed E-state index contributed by atoms with van der Waals surface area (Å²) in [5.41, 5.74) is 1.59. The Labute approximate surface area is 201 Å². The van der Waals surface area contributed by atoms with E-state index in [2.05, 4.69) is 10.6 Å². The molecule has 0 atom stereocenters. The average Bonchev–Trinajstić information content (AvgIpc) is 2.86. The highest BCUT2D eigenvalue weighted by Crippen LogP contribution is 2.17. The molecule has 0 heterocycles. The number of benzene rings is 3. The Morgan fingerprint density at radius 1 is 0.853 bits per heavy atom. The summed E-state index contributed by atoms with van der Waals surface area (Å²) >= 11 is 6.04. The molecule has 0 bridgehead atoms. The Morgan fingerprint density at radius 3 is 2.35 bits per heavy atom. The number of halogens is 1. The second kappa shape index (κ2) is 12.3. The first kappa shape index (κ1) is 24.6. The molecule has 2 amide bonds. The molecule has 0 aliphatic rings. The monoisotopic (exact) mass is 482 g/mol. The van der Waals surface area contributed by atoms with Crippen molar-refractivity contribution in [3.63, 3.8) is 0 Å². The normalized spacial score (nSPS) is 10.2. The van der Waals surface area contributed by atoms with Gasteiger partial charge in [-0.15, -0.1) is 0 Å². The van der Waals surface area contributed by atoms with Gasteiger partial charge in [0, 0.05) is 23.3 Å². The van der Waals surface area contributed by atoms with Gasteiger partial charge in [-0.05, 0) is 48.0 Å². The van der Waals surface area contributed by atoms with E-state index in [1.54, 1.807) is 49.6 Å². The van der Waals surface area contributed by atoms with Crippen molar-refractivity contribution in [2.75, 3.05) is 25.6 Å². The zero-order valence-corrected chi connectivity index (χ0v) is 19.1. The molecule has 8 nitrogen and oxygen atoms in total. The molecule has 3 aromatic carbocycles. The summed E-state index contributed by atoms with van der Waals surface area (Å²) in [6.07, 6.45) is 0. The van der Waals surface area contributed by atoms with Crippen LogP contribution in [0.5, 0.6) is 11.5 Å².